The van der Waals surface area contributed by atoms with Crippen molar-refractivity contribution in [3.63, 3.8) is 0 Å². The van der Waals surface area contributed by atoms with Crippen LogP contribution in [0.15, 0.2) is 10.6 Å². The largest absolute Gasteiger partial charge is 0.360 e. The standard InChI is InChI=1S/C19H29N5O/c1-13-11-16(25-22-13)12-23-7-9-24(10-8-23)17-14(2)15(3)20-18(21-17)19(4,5)6/h11H,7-10,12H2,1-6H3. The van der Waals surface area contributed by atoms with Crippen LogP contribution in [0.25, 0.3) is 0 Å². The summed E-state index contributed by atoms with van der Waals surface area (Å²) in [6.07, 6.45) is 0. The van der Waals surface area contributed by atoms with Crippen molar-refractivity contribution in [1.82, 2.24) is 20.0 Å². The predicted octanol–water partition coefficient (Wildman–Crippen LogP) is 3.01. The highest BCUT2D eigenvalue weighted by Gasteiger charge is 2.25. The molecule has 1 fully saturated rings. The molecule has 0 N–H and O–H groups in total. The Kier molecular flexibility index (Phi) is 4.82. The molecule has 25 heavy (non-hydrogen) atoms. The molecule has 0 spiro atoms. The number of nitrogens with zero attached hydrogens (tertiary/aromatic N) is 5. The van der Waals surface area contributed by atoms with Crippen molar-refractivity contribution >= 4 is 5.82 Å². The Bertz CT molecular complexity index is 739. The average molecular weight is 343 g/mol. The molecule has 1 aliphatic heterocycles. The second kappa shape index (κ2) is 6.75. The van der Waals surface area contributed by atoms with E-state index >= 15 is 0 Å². The van der Waals surface area contributed by atoms with Crippen molar-refractivity contribution in [2.75, 3.05) is 31.1 Å². The molecule has 136 valence electrons. The van der Waals surface area contributed by atoms with Crippen LogP contribution in [-0.4, -0.2) is 46.2 Å². The minimum atomic E-state index is -0.0425. The number of hydrogen-bond donors (Lipinski definition) is 0. The van der Waals surface area contributed by atoms with Crippen molar-refractivity contribution in [2.24, 2.45) is 0 Å². The van der Waals surface area contributed by atoms with Crippen LogP contribution >= 0.6 is 0 Å². The normalized spacial score (nSPS) is 16.5. The highest BCUT2D eigenvalue weighted by atomic mass is 16.5. The molecule has 0 saturated carbocycles. The Hall–Kier alpha value is -1.95. The van der Waals surface area contributed by atoms with Gasteiger partial charge in [-0.3, -0.25) is 4.90 Å². The van der Waals surface area contributed by atoms with Gasteiger partial charge in [0.1, 0.15) is 11.6 Å². The zero-order valence-corrected chi connectivity index (χ0v) is 16.3. The summed E-state index contributed by atoms with van der Waals surface area (Å²) in [5, 5.41) is 3.97. The SMILES string of the molecule is Cc1cc(CN2CCN(c3nc(C(C)(C)C)nc(C)c3C)CC2)on1. The van der Waals surface area contributed by atoms with E-state index in [1.807, 2.05) is 13.0 Å². The van der Waals surface area contributed by atoms with Gasteiger partial charge in [-0.2, -0.15) is 0 Å². The molecule has 6 nitrogen and oxygen atoms in total. The average Bonchev–Trinajstić information content (AvgIpc) is 2.95. The van der Waals surface area contributed by atoms with Gasteiger partial charge in [0.25, 0.3) is 0 Å². The first-order valence-electron chi connectivity index (χ1n) is 8.99. The van der Waals surface area contributed by atoms with Crippen LogP contribution in [-0.2, 0) is 12.0 Å². The van der Waals surface area contributed by atoms with Crippen LogP contribution in [0, 0.1) is 20.8 Å². The van der Waals surface area contributed by atoms with Crippen LogP contribution in [0.3, 0.4) is 0 Å². The van der Waals surface area contributed by atoms with Crippen molar-refractivity contribution in [2.45, 2.75) is 53.5 Å². The molecule has 0 radical (unpaired) electrons. The summed E-state index contributed by atoms with van der Waals surface area (Å²) in [4.78, 5) is 14.4. The zero-order chi connectivity index (χ0) is 18.2. The third-order valence-electron chi connectivity index (χ3n) is 4.76. The summed E-state index contributed by atoms with van der Waals surface area (Å²) in [6, 6.07) is 2.01. The van der Waals surface area contributed by atoms with Gasteiger partial charge >= 0.3 is 0 Å². The molecule has 1 saturated heterocycles. The predicted molar refractivity (Wildman–Crippen MR) is 98.9 cm³/mol. The van der Waals surface area contributed by atoms with Crippen molar-refractivity contribution in [1.29, 1.82) is 0 Å². The number of hydrogen-bond acceptors (Lipinski definition) is 6. The third kappa shape index (κ3) is 4.00. The first-order valence-corrected chi connectivity index (χ1v) is 8.99. The second-order valence-corrected chi connectivity index (χ2v) is 8.03. The fraction of sp³-hybridized carbons (Fsp3) is 0.632. The van der Waals surface area contributed by atoms with Gasteiger partial charge in [0.05, 0.1) is 12.2 Å². The number of piperazine rings is 1. The summed E-state index contributed by atoms with van der Waals surface area (Å²) in [7, 11) is 0. The summed E-state index contributed by atoms with van der Waals surface area (Å²) in [5.41, 5.74) is 3.16. The maximum absolute atomic E-state index is 5.34. The lowest BCUT2D eigenvalue weighted by atomic mass is 9.95. The molecule has 0 aromatic carbocycles. The van der Waals surface area contributed by atoms with E-state index in [4.69, 9.17) is 14.5 Å². The Balaban J connectivity index is 1.71. The van der Waals surface area contributed by atoms with Crippen molar-refractivity contribution in [3.8, 4) is 0 Å². The molecule has 3 heterocycles. The van der Waals surface area contributed by atoms with E-state index in [1.54, 1.807) is 0 Å². The molecule has 0 amide bonds. The smallest absolute Gasteiger partial charge is 0.150 e. The number of aromatic nitrogens is 3. The van der Waals surface area contributed by atoms with E-state index in [-0.39, 0.29) is 5.41 Å². The van der Waals surface area contributed by atoms with Crippen LogP contribution in [0.5, 0.6) is 0 Å². The summed E-state index contributed by atoms with van der Waals surface area (Å²) >= 11 is 0. The minimum absolute atomic E-state index is 0.0425. The maximum atomic E-state index is 5.34. The molecule has 2 aromatic heterocycles. The lowest BCUT2D eigenvalue weighted by Crippen LogP contribution is -2.46. The van der Waals surface area contributed by atoms with Crippen LogP contribution < -0.4 is 4.90 Å². The van der Waals surface area contributed by atoms with Gasteiger partial charge in [-0.15, -0.1) is 0 Å². The van der Waals surface area contributed by atoms with Gasteiger partial charge in [0.15, 0.2) is 5.76 Å². The molecular weight excluding hydrogens is 314 g/mol. The van der Waals surface area contributed by atoms with E-state index in [9.17, 15) is 0 Å². The molecule has 6 heteroatoms. The topological polar surface area (TPSA) is 58.3 Å². The third-order valence-corrected chi connectivity index (χ3v) is 4.76. The minimum Gasteiger partial charge on any atom is -0.360 e. The van der Waals surface area contributed by atoms with Gasteiger partial charge in [-0.1, -0.05) is 25.9 Å². The quantitative estimate of drug-likeness (QED) is 0.854. The van der Waals surface area contributed by atoms with Gasteiger partial charge in [-0.05, 0) is 20.8 Å². The first-order chi connectivity index (χ1) is 11.7. The summed E-state index contributed by atoms with van der Waals surface area (Å²) in [6.45, 7) is 17.4. The van der Waals surface area contributed by atoms with Crippen LogP contribution in [0.2, 0.25) is 0 Å². The number of aryl methyl sites for hydroxylation is 2. The van der Waals surface area contributed by atoms with E-state index < -0.39 is 0 Å². The van der Waals surface area contributed by atoms with Crippen LogP contribution in [0.4, 0.5) is 5.82 Å². The first kappa shape index (κ1) is 17.9. The van der Waals surface area contributed by atoms with E-state index in [0.717, 1.165) is 61.5 Å². The lowest BCUT2D eigenvalue weighted by molar-refractivity contribution is 0.219. The molecule has 0 atom stereocenters. The Morgan fingerprint density at radius 2 is 1.72 bits per heavy atom. The van der Waals surface area contributed by atoms with Gasteiger partial charge in [0.2, 0.25) is 0 Å². The van der Waals surface area contributed by atoms with Crippen LogP contribution in [0.1, 0.15) is 49.3 Å². The number of anilines is 1. The van der Waals surface area contributed by atoms with Gasteiger partial charge in [-0.25, -0.2) is 9.97 Å². The molecule has 3 rings (SSSR count). The monoisotopic (exact) mass is 343 g/mol. The molecule has 1 aliphatic rings. The molecule has 0 aliphatic carbocycles. The Morgan fingerprint density at radius 3 is 2.28 bits per heavy atom. The lowest BCUT2D eigenvalue weighted by Gasteiger charge is -2.36. The molecule has 2 aromatic rings. The van der Waals surface area contributed by atoms with E-state index in [1.165, 1.54) is 5.56 Å². The maximum Gasteiger partial charge on any atom is 0.150 e. The van der Waals surface area contributed by atoms with Crippen molar-refractivity contribution < 1.29 is 4.52 Å². The van der Waals surface area contributed by atoms with E-state index in [0.29, 0.717) is 0 Å². The Morgan fingerprint density at radius 1 is 1.04 bits per heavy atom. The highest BCUT2D eigenvalue weighted by molar-refractivity contribution is 5.49. The second-order valence-electron chi connectivity index (χ2n) is 8.03. The fourth-order valence-electron chi connectivity index (χ4n) is 3.09. The Labute approximate surface area is 150 Å². The number of rotatable bonds is 3. The fourth-order valence-corrected chi connectivity index (χ4v) is 3.09. The van der Waals surface area contributed by atoms with Gasteiger partial charge in [0, 0.05) is 48.9 Å². The molecule has 0 bridgehead atoms. The summed E-state index contributed by atoms with van der Waals surface area (Å²) < 4.78 is 5.34. The zero-order valence-electron chi connectivity index (χ0n) is 16.3. The highest BCUT2D eigenvalue weighted by Crippen LogP contribution is 2.26. The van der Waals surface area contributed by atoms with Gasteiger partial charge < -0.3 is 9.42 Å². The van der Waals surface area contributed by atoms with Crippen molar-refractivity contribution in [3.05, 3.63) is 34.6 Å². The molecule has 0 unspecified atom stereocenters. The van der Waals surface area contributed by atoms with E-state index in [2.05, 4.69) is 49.6 Å². The molecular formula is C19H29N5O. The summed E-state index contributed by atoms with van der Waals surface area (Å²) in [5.74, 6) is 2.95.